The third-order valence-electron chi connectivity index (χ3n) is 6.79. The van der Waals surface area contributed by atoms with E-state index in [2.05, 4.69) is 45.4 Å². The van der Waals surface area contributed by atoms with Gasteiger partial charge in [-0.25, -0.2) is 4.98 Å². The summed E-state index contributed by atoms with van der Waals surface area (Å²) in [6.45, 7) is 4.72. The van der Waals surface area contributed by atoms with Gasteiger partial charge in [0, 0.05) is 55.4 Å². The molecule has 0 bridgehead atoms. The van der Waals surface area contributed by atoms with E-state index >= 15 is 0 Å². The van der Waals surface area contributed by atoms with Crippen LogP contribution < -0.4 is 5.32 Å². The minimum atomic E-state index is -0.344. The van der Waals surface area contributed by atoms with Gasteiger partial charge in [-0.2, -0.15) is 0 Å². The summed E-state index contributed by atoms with van der Waals surface area (Å²) in [5.41, 5.74) is 6.32. The van der Waals surface area contributed by atoms with E-state index in [9.17, 15) is 9.59 Å². The molecular weight excluding hydrogens is 438 g/mol. The van der Waals surface area contributed by atoms with E-state index in [0.29, 0.717) is 18.3 Å². The number of H-pyrrole nitrogens is 1. The molecule has 2 unspecified atom stereocenters. The van der Waals surface area contributed by atoms with E-state index in [4.69, 9.17) is 0 Å². The largest absolute Gasteiger partial charge is 0.357 e. The number of aromatic amines is 1. The van der Waals surface area contributed by atoms with Crippen LogP contribution in [0.25, 0.3) is 16.8 Å². The summed E-state index contributed by atoms with van der Waals surface area (Å²) in [5, 5.41) is 2.95. The number of fused-ring (bicyclic) bond motifs is 1. The molecule has 3 aromatic heterocycles. The number of rotatable bonds is 5. The highest BCUT2D eigenvalue weighted by atomic mass is 16.2. The van der Waals surface area contributed by atoms with E-state index in [1.807, 2.05) is 38.2 Å². The Labute approximate surface area is 205 Å². The Bertz CT molecular complexity index is 1340. The fraction of sp³-hybridized carbons (Fsp3) is 0.286. The number of likely N-dealkylation sites (N-methyl/N-ethyl adjacent to an activating group) is 1. The number of hydrogen-bond donors (Lipinski definition) is 2. The Morgan fingerprint density at radius 3 is 2.77 bits per heavy atom. The molecule has 2 amide bonds. The van der Waals surface area contributed by atoms with Gasteiger partial charge >= 0.3 is 0 Å². The SMILES string of the molecule is CC1C=C(c2c(-c3ccnc(NC(=O)C(C)c4ccncc4)c3)[nH]c3c2C(=O)N(C)CC3)C=CC1. The van der Waals surface area contributed by atoms with Crippen molar-refractivity contribution in [1.29, 1.82) is 0 Å². The van der Waals surface area contributed by atoms with Gasteiger partial charge < -0.3 is 15.2 Å². The number of carbonyl (C=O) groups is 2. The first-order valence-electron chi connectivity index (χ1n) is 12.0. The van der Waals surface area contributed by atoms with Gasteiger partial charge in [0.05, 0.1) is 17.2 Å². The molecule has 2 aliphatic rings. The maximum atomic E-state index is 13.2. The van der Waals surface area contributed by atoms with Crippen molar-refractivity contribution < 1.29 is 9.59 Å². The van der Waals surface area contributed by atoms with Crippen molar-refractivity contribution in [2.45, 2.75) is 32.6 Å². The fourth-order valence-electron chi connectivity index (χ4n) is 4.75. The average molecular weight is 468 g/mol. The highest BCUT2D eigenvalue weighted by Gasteiger charge is 2.31. The second kappa shape index (κ2) is 9.33. The minimum absolute atomic E-state index is 0.0324. The van der Waals surface area contributed by atoms with Gasteiger partial charge in [-0.3, -0.25) is 14.6 Å². The minimum Gasteiger partial charge on any atom is -0.357 e. The lowest BCUT2D eigenvalue weighted by Gasteiger charge is -2.24. The molecule has 0 radical (unpaired) electrons. The Morgan fingerprint density at radius 1 is 1.20 bits per heavy atom. The second-order valence-electron chi connectivity index (χ2n) is 9.36. The first-order chi connectivity index (χ1) is 16.9. The molecule has 1 aliphatic heterocycles. The summed E-state index contributed by atoms with van der Waals surface area (Å²) in [4.78, 5) is 39.8. The van der Waals surface area contributed by atoms with Crippen LogP contribution in [0, 0.1) is 5.92 Å². The van der Waals surface area contributed by atoms with Crippen molar-refractivity contribution in [1.82, 2.24) is 19.9 Å². The number of amides is 2. The summed E-state index contributed by atoms with van der Waals surface area (Å²) >= 11 is 0. The molecule has 7 nitrogen and oxygen atoms in total. The predicted octanol–water partition coefficient (Wildman–Crippen LogP) is 4.82. The van der Waals surface area contributed by atoms with Gasteiger partial charge in [0.25, 0.3) is 5.91 Å². The molecule has 4 heterocycles. The van der Waals surface area contributed by atoms with Crippen LogP contribution in [-0.2, 0) is 11.2 Å². The number of allylic oxidation sites excluding steroid dienone is 4. The van der Waals surface area contributed by atoms with Gasteiger partial charge in [0.2, 0.25) is 5.91 Å². The Morgan fingerprint density at radius 2 is 2.00 bits per heavy atom. The summed E-state index contributed by atoms with van der Waals surface area (Å²) in [6, 6.07) is 7.45. The normalized spacial score (nSPS) is 18.1. The van der Waals surface area contributed by atoms with Gasteiger partial charge in [-0.15, -0.1) is 0 Å². The molecule has 1 aliphatic carbocycles. The summed E-state index contributed by atoms with van der Waals surface area (Å²) in [6.07, 6.45) is 13.3. The number of carbonyl (C=O) groups excluding carboxylic acids is 2. The lowest BCUT2D eigenvalue weighted by molar-refractivity contribution is -0.117. The number of hydrogen-bond acceptors (Lipinski definition) is 4. The van der Waals surface area contributed by atoms with Gasteiger partial charge in [-0.1, -0.05) is 25.2 Å². The van der Waals surface area contributed by atoms with Crippen LogP contribution in [0.2, 0.25) is 0 Å². The molecule has 0 spiro atoms. The number of nitrogens with one attached hydrogen (secondary N) is 2. The molecule has 0 fully saturated rings. The molecule has 0 aromatic carbocycles. The molecule has 5 rings (SSSR count). The lowest BCUT2D eigenvalue weighted by Crippen LogP contribution is -2.34. The zero-order valence-corrected chi connectivity index (χ0v) is 20.2. The molecular formula is C28H29N5O2. The Hall–Kier alpha value is -4.00. The van der Waals surface area contributed by atoms with Crippen molar-refractivity contribution >= 4 is 23.2 Å². The fourth-order valence-corrected chi connectivity index (χ4v) is 4.75. The van der Waals surface area contributed by atoms with Crippen molar-refractivity contribution in [2.24, 2.45) is 5.92 Å². The van der Waals surface area contributed by atoms with E-state index in [0.717, 1.165) is 52.1 Å². The number of pyridine rings is 2. The molecule has 0 saturated carbocycles. The molecule has 2 N–H and O–H groups in total. The molecule has 2 atom stereocenters. The zero-order chi connectivity index (χ0) is 24.5. The van der Waals surface area contributed by atoms with Crippen LogP contribution in [0.3, 0.4) is 0 Å². The quantitative estimate of drug-likeness (QED) is 0.563. The smallest absolute Gasteiger partial charge is 0.256 e. The maximum absolute atomic E-state index is 13.2. The third kappa shape index (κ3) is 4.41. The van der Waals surface area contributed by atoms with E-state index < -0.39 is 0 Å². The second-order valence-corrected chi connectivity index (χ2v) is 9.36. The van der Waals surface area contributed by atoms with Crippen LogP contribution in [-0.4, -0.2) is 45.3 Å². The first kappa shape index (κ1) is 22.8. The van der Waals surface area contributed by atoms with E-state index in [1.54, 1.807) is 23.5 Å². The molecule has 0 saturated heterocycles. The third-order valence-corrected chi connectivity index (χ3v) is 6.79. The van der Waals surface area contributed by atoms with Crippen molar-refractivity contribution in [3.8, 4) is 11.3 Å². The van der Waals surface area contributed by atoms with Crippen LogP contribution >= 0.6 is 0 Å². The van der Waals surface area contributed by atoms with E-state index in [1.165, 1.54) is 0 Å². The standard InChI is InChI=1S/C28H29N5O2/c1-17-5-4-6-20(15-17)24-25-22(10-14-33(3)28(25)35)31-26(24)21-9-13-30-23(16-21)32-27(34)18(2)19-7-11-29-12-8-19/h4,6-9,11-13,15-18,31H,5,10,14H2,1-3H3,(H,30,32,34). The number of nitrogens with zero attached hydrogens (tertiary/aromatic N) is 3. The highest BCUT2D eigenvalue weighted by Crippen LogP contribution is 2.39. The lowest BCUT2D eigenvalue weighted by atomic mass is 9.88. The predicted molar refractivity (Wildman–Crippen MR) is 137 cm³/mol. The zero-order valence-electron chi connectivity index (χ0n) is 20.2. The summed E-state index contributed by atoms with van der Waals surface area (Å²) < 4.78 is 0. The summed E-state index contributed by atoms with van der Waals surface area (Å²) in [5.74, 6) is 0.410. The Balaban J connectivity index is 1.53. The molecule has 3 aromatic rings. The van der Waals surface area contributed by atoms with Gasteiger partial charge in [0.15, 0.2) is 0 Å². The monoisotopic (exact) mass is 467 g/mol. The van der Waals surface area contributed by atoms with Crippen molar-refractivity contribution in [3.63, 3.8) is 0 Å². The van der Waals surface area contributed by atoms with Crippen LogP contribution in [0.1, 0.15) is 53.4 Å². The van der Waals surface area contributed by atoms with E-state index in [-0.39, 0.29) is 17.7 Å². The first-order valence-corrected chi connectivity index (χ1v) is 12.0. The number of anilines is 1. The molecule has 7 heteroatoms. The highest BCUT2D eigenvalue weighted by molar-refractivity contribution is 6.05. The maximum Gasteiger partial charge on any atom is 0.256 e. The van der Waals surface area contributed by atoms with Crippen LogP contribution in [0.15, 0.2) is 61.1 Å². The van der Waals surface area contributed by atoms with Crippen LogP contribution in [0.5, 0.6) is 0 Å². The average Bonchev–Trinajstić information content (AvgIpc) is 3.27. The number of aromatic nitrogens is 3. The molecule has 178 valence electrons. The Kier molecular flexibility index (Phi) is 6.07. The van der Waals surface area contributed by atoms with Gasteiger partial charge in [-0.05, 0) is 54.7 Å². The van der Waals surface area contributed by atoms with Crippen LogP contribution in [0.4, 0.5) is 5.82 Å². The van der Waals surface area contributed by atoms with Crippen molar-refractivity contribution in [3.05, 3.63) is 83.5 Å². The van der Waals surface area contributed by atoms with Crippen molar-refractivity contribution in [2.75, 3.05) is 18.9 Å². The molecule has 35 heavy (non-hydrogen) atoms. The topological polar surface area (TPSA) is 91.0 Å². The van der Waals surface area contributed by atoms with Gasteiger partial charge in [0.1, 0.15) is 5.82 Å². The summed E-state index contributed by atoms with van der Waals surface area (Å²) in [7, 11) is 1.85.